The van der Waals surface area contributed by atoms with Crippen LogP contribution in [0.15, 0.2) is 41.7 Å². The molecule has 38 heavy (non-hydrogen) atoms. The van der Waals surface area contributed by atoms with Gasteiger partial charge in [0.05, 0.1) is 29.1 Å². The molecule has 1 aliphatic rings. The Balaban J connectivity index is 1.37. The van der Waals surface area contributed by atoms with Crippen LogP contribution in [0, 0.1) is 12.8 Å². The number of carboxylic acids is 1. The number of nitrogens with one attached hydrogen (secondary N) is 1. The Kier molecular flexibility index (Phi) is 6.30. The van der Waals surface area contributed by atoms with Crippen LogP contribution in [0.25, 0.3) is 16.2 Å². The quantitative estimate of drug-likeness (QED) is 0.373. The molecule has 0 aliphatic carbocycles. The molecular weight excluding hydrogens is 527 g/mol. The number of aromatic nitrogens is 5. The number of hydrogen-bond acceptors (Lipinski definition) is 9. The van der Waals surface area contributed by atoms with Gasteiger partial charge in [-0.15, -0.1) is 0 Å². The molecule has 5 heterocycles. The predicted octanol–water partition coefficient (Wildman–Crippen LogP) is 2.41. The molecule has 1 amide bonds. The molecular formula is C23H18F3N7O4S. The van der Waals surface area contributed by atoms with Crippen molar-refractivity contribution in [3.05, 3.63) is 69.5 Å². The maximum Gasteiger partial charge on any atom is 0.418 e. The minimum atomic E-state index is -4.58. The summed E-state index contributed by atoms with van der Waals surface area (Å²) < 4.78 is 44.8. The zero-order chi connectivity index (χ0) is 27.2. The van der Waals surface area contributed by atoms with Gasteiger partial charge in [-0.2, -0.15) is 17.5 Å². The number of amides is 1. The third-order valence-corrected chi connectivity index (χ3v) is 6.80. The highest BCUT2D eigenvalue weighted by atomic mass is 32.1. The number of hydrogen-bond donors (Lipinski definition) is 2. The van der Waals surface area contributed by atoms with Crippen molar-refractivity contribution in [3.8, 4) is 5.13 Å². The standard InChI is InChI=1S/C23H18F3N7O4S/c1-11-5-16(31-19-17(11)18(34)13(21(36)37)9-33(19)22-29-10-30-38-22)32-7-12(8-32)20(35)28-6-15-14(23(24,25)26)3-2-4-27-15/h2-5,9-10,12H,6-8H2,1H3,(H,28,35)(H,36,37). The van der Waals surface area contributed by atoms with Crippen LogP contribution in [-0.2, 0) is 17.5 Å². The van der Waals surface area contributed by atoms with Crippen LogP contribution in [0.3, 0.4) is 0 Å². The summed E-state index contributed by atoms with van der Waals surface area (Å²) in [5, 5.41) is 12.5. The number of halogens is 3. The Morgan fingerprint density at radius 1 is 1.26 bits per heavy atom. The topological polar surface area (TPSA) is 143 Å². The number of fused-ring (bicyclic) bond motifs is 1. The van der Waals surface area contributed by atoms with Gasteiger partial charge < -0.3 is 15.3 Å². The van der Waals surface area contributed by atoms with Crippen molar-refractivity contribution in [2.75, 3.05) is 18.0 Å². The largest absolute Gasteiger partial charge is 0.477 e. The molecule has 0 aromatic carbocycles. The number of alkyl halides is 3. The molecule has 2 N–H and O–H groups in total. The van der Waals surface area contributed by atoms with Crippen LogP contribution in [-0.4, -0.2) is 54.0 Å². The van der Waals surface area contributed by atoms with Crippen LogP contribution in [0.5, 0.6) is 0 Å². The van der Waals surface area contributed by atoms with Crippen LogP contribution in [0.4, 0.5) is 19.0 Å². The Morgan fingerprint density at radius 3 is 2.68 bits per heavy atom. The molecule has 0 saturated carbocycles. The number of carbonyl (C=O) groups is 2. The molecule has 4 aromatic heterocycles. The summed E-state index contributed by atoms with van der Waals surface area (Å²) >= 11 is 0.992. The van der Waals surface area contributed by atoms with E-state index < -0.39 is 40.5 Å². The molecule has 196 valence electrons. The Labute approximate surface area is 215 Å². The fourth-order valence-corrected chi connectivity index (χ4v) is 4.70. The van der Waals surface area contributed by atoms with Crippen molar-refractivity contribution in [1.82, 2.24) is 29.2 Å². The average Bonchev–Trinajstić information content (AvgIpc) is 3.36. The van der Waals surface area contributed by atoms with E-state index in [0.29, 0.717) is 16.5 Å². The second-order valence-electron chi connectivity index (χ2n) is 8.58. The molecule has 15 heteroatoms. The average molecular weight is 546 g/mol. The van der Waals surface area contributed by atoms with E-state index in [-0.39, 0.29) is 36.4 Å². The van der Waals surface area contributed by atoms with E-state index >= 15 is 0 Å². The number of anilines is 1. The van der Waals surface area contributed by atoms with Gasteiger partial charge in [-0.05, 0) is 30.7 Å². The molecule has 4 aromatic rings. The van der Waals surface area contributed by atoms with Crippen molar-refractivity contribution in [2.45, 2.75) is 19.6 Å². The fourth-order valence-electron chi connectivity index (χ4n) is 4.19. The molecule has 0 atom stereocenters. The normalized spacial score (nSPS) is 13.9. The Hall–Kier alpha value is -4.40. The van der Waals surface area contributed by atoms with Crippen LogP contribution in [0.1, 0.15) is 27.2 Å². The fraction of sp³-hybridized carbons (Fsp3) is 0.261. The molecule has 0 unspecified atom stereocenters. The van der Waals surface area contributed by atoms with Gasteiger partial charge in [0.1, 0.15) is 17.7 Å². The summed E-state index contributed by atoms with van der Waals surface area (Å²) in [6.45, 7) is 1.78. The summed E-state index contributed by atoms with van der Waals surface area (Å²) in [5.41, 5.74) is -1.62. The number of pyridine rings is 3. The molecule has 1 aliphatic heterocycles. The summed E-state index contributed by atoms with van der Waals surface area (Å²) in [6.07, 6.45) is -0.899. The number of rotatable bonds is 6. The monoisotopic (exact) mass is 545 g/mol. The lowest BCUT2D eigenvalue weighted by molar-refractivity contribution is -0.139. The minimum absolute atomic E-state index is 0.120. The van der Waals surface area contributed by atoms with E-state index in [2.05, 4.69) is 24.6 Å². The van der Waals surface area contributed by atoms with Gasteiger partial charge in [0.15, 0.2) is 5.65 Å². The maximum atomic E-state index is 13.2. The number of aryl methyl sites for hydroxylation is 1. The van der Waals surface area contributed by atoms with E-state index in [1.807, 2.05) is 0 Å². The highest BCUT2D eigenvalue weighted by Crippen LogP contribution is 2.31. The predicted molar refractivity (Wildman–Crippen MR) is 129 cm³/mol. The Bertz CT molecular complexity index is 1620. The number of nitrogens with zero attached hydrogens (tertiary/aromatic N) is 6. The summed E-state index contributed by atoms with van der Waals surface area (Å²) in [6, 6.07) is 3.72. The second kappa shape index (κ2) is 9.48. The first kappa shape index (κ1) is 25.3. The smallest absolute Gasteiger partial charge is 0.418 e. The van der Waals surface area contributed by atoms with Gasteiger partial charge in [-0.3, -0.25) is 19.1 Å². The zero-order valence-corrected chi connectivity index (χ0v) is 20.4. The highest BCUT2D eigenvalue weighted by molar-refractivity contribution is 7.08. The SMILES string of the molecule is Cc1cc(N2CC(C(=O)NCc3ncccc3C(F)(F)F)C2)nc2c1c(=O)c(C(=O)O)cn2-c1ncns1. The molecule has 0 spiro atoms. The van der Waals surface area contributed by atoms with Gasteiger partial charge in [-0.25, -0.2) is 14.8 Å². The van der Waals surface area contributed by atoms with E-state index in [1.54, 1.807) is 17.9 Å². The first-order chi connectivity index (χ1) is 18.0. The molecule has 1 fully saturated rings. The van der Waals surface area contributed by atoms with Crippen molar-refractivity contribution in [1.29, 1.82) is 0 Å². The van der Waals surface area contributed by atoms with E-state index in [1.165, 1.54) is 23.2 Å². The molecule has 1 saturated heterocycles. The number of carbonyl (C=O) groups excluding carboxylic acids is 1. The molecule has 0 bridgehead atoms. The number of aromatic carboxylic acids is 1. The van der Waals surface area contributed by atoms with Crippen molar-refractivity contribution in [2.24, 2.45) is 5.92 Å². The number of carboxylic acid groups (broad SMARTS) is 1. The lowest BCUT2D eigenvalue weighted by Crippen LogP contribution is -2.54. The Morgan fingerprint density at radius 2 is 2.03 bits per heavy atom. The van der Waals surface area contributed by atoms with Crippen molar-refractivity contribution < 1.29 is 27.9 Å². The third kappa shape index (κ3) is 4.55. The third-order valence-electron chi connectivity index (χ3n) is 6.13. The van der Waals surface area contributed by atoms with Gasteiger partial charge in [-0.1, -0.05) is 0 Å². The van der Waals surface area contributed by atoms with Crippen LogP contribution < -0.4 is 15.6 Å². The molecule has 11 nitrogen and oxygen atoms in total. The second-order valence-corrected chi connectivity index (χ2v) is 9.34. The van der Waals surface area contributed by atoms with Crippen molar-refractivity contribution in [3.63, 3.8) is 0 Å². The van der Waals surface area contributed by atoms with Gasteiger partial charge in [0.2, 0.25) is 16.5 Å². The summed E-state index contributed by atoms with van der Waals surface area (Å²) in [4.78, 5) is 51.3. The summed E-state index contributed by atoms with van der Waals surface area (Å²) in [7, 11) is 0. The summed E-state index contributed by atoms with van der Waals surface area (Å²) in [5.74, 6) is -1.85. The lowest BCUT2D eigenvalue weighted by atomic mass is 9.98. The first-order valence-corrected chi connectivity index (χ1v) is 11.9. The molecule has 5 rings (SSSR count). The minimum Gasteiger partial charge on any atom is -0.477 e. The van der Waals surface area contributed by atoms with Gasteiger partial charge in [0, 0.05) is 37.0 Å². The van der Waals surface area contributed by atoms with Crippen molar-refractivity contribution >= 4 is 40.3 Å². The van der Waals surface area contributed by atoms with Gasteiger partial charge in [0.25, 0.3) is 0 Å². The first-order valence-electron chi connectivity index (χ1n) is 11.2. The lowest BCUT2D eigenvalue weighted by Gasteiger charge is -2.39. The van der Waals surface area contributed by atoms with Crippen LogP contribution in [0.2, 0.25) is 0 Å². The highest BCUT2D eigenvalue weighted by Gasteiger charge is 2.36. The molecule has 0 radical (unpaired) electrons. The zero-order valence-electron chi connectivity index (χ0n) is 19.6. The van der Waals surface area contributed by atoms with E-state index in [4.69, 9.17) is 0 Å². The van der Waals surface area contributed by atoms with E-state index in [9.17, 15) is 32.7 Å². The van der Waals surface area contributed by atoms with Gasteiger partial charge >= 0.3 is 12.1 Å². The maximum absolute atomic E-state index is 13.2. The van der Waals surface area contributed by atoms with E-state index in [0.717, 1.165) is 23.8 Å². The van der Waals surface area contributed by atoms with Crippen LogP contribution >= 0.6 is 11.5 Å².